The van der Waals surface area contributed by atoms with E-state index in [0.29, 0.717) is 36.0 Å². The molecule has 0 saturated heterocycles. The number of ether oxygens (including phenoxy) is 4. The van der Waals surface area contributed by atoms with Gasteiger partial charge in [0.05, 0.1) is 19.8 Å². The van der Waals surface area contributed by atoms with Gasteiger partial charge in [0.25, 0.3) is 5.91 Å². The molecule has 0 spiro atoms. The highest BCUT2D eigenvalue weighted by molar-refractivity contribution is 5.94. The van der Waals surface area contributed by atoms with Crippen LogP contribution >= 0.6 is 0 Å². The Bertz CT molecular complexity index is 973. The van der Waals surface area contributed by atoms with E-state index in [1.165, 1.54) is 0 Å². The molecular weight excluding hydrogens is 394 g/mol. The molecule has 0 bridgehead atoms. The lowest BCUT2D eigenvalue weighted by Gasteiger charge is -2.17. The third kappa shape index (κ3) is 6.23. The molecule has 0 saturated carbocycles. The summed E-state index contributed by atoms with van der Waals surface area (Å²) in [6, 6.07) is 21.9. The number of amides is 1. The van der Waals surface area contributed by atoms with Crippen LogP contribution in [0.3, 0.4) is 0 Å². The molecule has 0 aliphatic carbocycles. The Labute approximate surface area is 182 Å². The maximum Gasteiger partial charge on any atom is 0.251 e. The molecule has 162 valence electrons. The van der Waals surface area contributed by atoms with E-state index in [1.54, 1.807) is 38.5 Å². The standard InChI is InChI=1S/C25H27NO5/c1-18(20-11-14-23(24(17-20)29-3)30-16-15-28-2)26-25(27)19-9-12-22(13-10-19)31-21-7-5-4-6-8-21/h4-14,17-18H,15-16H2,1-3H3,(H,26,27). The average molecular weight is 421 g/mol. The topological polar surface area (TPSA) is 66.0 Å². The second kappa shape index (κ2) is 11.0. The summed E-state index contributed by atoms with van der Waals surface area (Å²) < 4.78 is 21.9. The van der Waals surface area contributed by atoms with Gasteiger partial charge in [-0.3, -0.25) is 4.79 Å². The summed E-state index contributed by atoms with van der Waals surface area (Å²) in [6.07, 6.45) is 0. The van der Waals surface area contributed by atoms with Crippen LogP contribution < -0.4 is 19.5 Å². The molecule has 0 heterocycles. The Hall–Kier alpha value is -3.51. The van der Waals surface area contributed by atoms with Gasteiger partial charge in [-0.05, 0) is 61.0 Å². The summed E-state index contributed by atoms with van der Waals surface area (Å²) in [6.45, 7) is 2.85. The van der Waals surface area contributed by atoms with Crippen molar-refractivity contribution in [3.8, 4) is 23.0 Å². The maximum atomic E-state index is 12.7. The number of hydrogen-bond acceptors (Lipinski definition) is 5. The van der Waals surface area contributed by atoms with Gasteiger partial charge in [0.2, 0.25) is 0 Å². The van der Waals surface area contributed by atoms with Crippen molar-refractivity contribution in [1.29, 1.82) is 0 Å². The second-order valence-electron chi connectivity index (χ2n) is 6.89. The lowest BCUT2D eigenvalue weighted by molar-refractivity contribution is 0.0940. The molecular formula is C25H27NO5. The summed E-state index contributed by atoms with van der Waals surface area (Å²) in [4.78, 5) is 12.7. The first-order chi connectivity index (χ1) is 15.1. The molecule has 3 aromatic carbocycles. The molecule has 0 aliphatic heterocycles. The molecule has 6 heteroatoms. The average Bonchev–Trinajstić information content (AvgIpc) is 2.80. The van der Waals surface area contributed by atoms with E-state index in [2.05, 4.69) is 5.32 Å². The minimum absolute atomic E-state index is 0.168. The van der Waals surface area contributed by atoms with E-state index >= 15 is 0 Å². The van der Waals surface area contributed by atoms with Crippen LogP contribution in [0.2, 0.25) is 0 Å². The predicted molar refractivity (Wildman–Crippen MR) is 119 cm³/mol. The molecule has 1 N–H and O–H groups in total. The van der Waals surface area contributed by atoms with Gasteiger partial charge < -0.3 is 24.3 Å². The number of methoxy groups -OCH3 is 2. The molecule has 1 unspecified atom stereocenters. The number of rotatable bonds is 10. The fraction of sp³-hybridized carbons (Fsp3) is 0.240. The van der Waals surface area contributed by atoms with E-state index in [-0.39, 0.29) is 11.9 Å². The van der Waals surface area contributed by atoms with Gasteiger partial charge >= 0.3 is 0 Å². The van der Waals surface area contributed by atoms with E-state index < -0.39 is 0 Å². The van der Waals surface area contributed by atoms with E-state index in [9.17, 15) is 4.79 Å². The Morgan fingerprint density at radius 1 is 0.871 bits per heavy atom. The number of benzene rings is 3. The predicted octanol–water partition coefficient (Wildman–Crippen LogP) is 5.00. The highest BCUT2D eigenvalue weighted by Gasteiger charge is 2.14. The van der Waals surface area contributed by atoms with Crippen LogP contribution in [-0.2, 0) is 4.74 Å². The Morgan fingerprint density at radius 3 is 2.26 bits per heavy atom. The smallest absolute Gasteiger partial charge is 0.251 e. The van der Waals surface area contributed by atoms with Crippen molar-refractivity contribution >= 4 is 5.91 Å². The molecule has 0 radical (unpaired) electrons. The molecule has 3 aromatic rings. The molecule has 6 nitrogen and oxygen atoms in total. The highest BCUT2D eigenvalue weighted by atomic mass is 16.5. The third-order valence-electron chi connectivity index (χ3n) is 4.68. The number of carbonyl (C=O) groups excluding carboxylic acids is 1. The molecule has 31 heavy (non-hydrogen) atoms. The minimum Gasteiger partial charge on any atom is -0.493 e. The van der Waals surface area contributed by atoms with Gasteiger partial charge in [0, 0.05) is 12.7 Å². The minimum atomic E-state index is -0.213. The lowest BCUT2D eigenvalue weighted by Crippen LogP contribution is -2.26. The van der Waals surface area contributed by atoms with Crippen LogP contribution in [0, 0.1) is 0 Å². The van der Waals surface area contributed by atoms with E-state index in [1.807, 2.05) is 55.5 Å². The number of hydrogen-bond donors (Lipinski definition) is 1. The fourth-order valence-electron chi connectivity index (χ4n) is 2.97. The number of nitrogens with one attached hydrogen (secondary N) is 1. The largest absolute Gasteiger partial charge is 0.493 e. The van der Waals surface area contributed by atoms with Crippen molar-refractivity contribution in [2.24, 2.45) is 0 Å². The zero-order valence-electron chi connectivity index (χ0n) is 18.0. The molecule has 0 fully saturated rings. The highest BCUT2D eigenvalue weighted by Crippen LogP contribution is 2.30. The summed E-state index contributed by atoms with van der Waals surface area (Å²) in [5.74, 6) is 2.49. The molecule has 0 aromatic heterocycles. The van der Waals surface area contributed by atoms with Gasteiger partial charge in [-0.25, -0.2) is 0 Å². The third-order valence-corrected chi connectivity index (χ3v) is 4.68. The number of carbonyl (C=O) groups is 1. The van der Waals surface area contributed by atoms with Crippen molar-refractivity contribution < 1.29 is 23.7 Å². The van der Waals surface area contributed by atoms with Gasteiger partial charge in [-0.15, -0.1) is 0 Å². The van der Waals surface area contributed by atoms with Crippen molar-refractivity contribution in [2.45, 2.75) is 13.0 Å². The zero-order chi connectivity index (χ0) is 22.1. The van der Waals surface area contributed by atoms with Crippen LogP contribution in [0.4, 0.5) is 0 Å². The van der Waals surface area contributed by atoms with Crippen LogP contribution in [0.15, 0.2) is 72.8 Å². The summed E-state index contributed by atoms with van der Waals surface area (Å²) in [5, 5.41) is 3.01. The Kier molecular flexibility index (Phi) is 7.90. The normalized spacial score (nSPS) is 11.5. The van der Waals surface area contributed by atoms with E-state index in [4.69, 9.17) is 18.9 Å². The Morgan fingerprint density at radius 2 is 1.58 bits per heavy atom. The van der Waals surface area contributed by atoms with Gasteiger partial charge in [0.15, 0.2) is 11.5 Å². The van der Waals surface area contributed by atoms with Gasteiger partial charge in [-0.2, -0.15) is 0 Å². The lowest BCUT2D eigenvalue weighted by atomic mass is 10.1. The second-order valence-corrected chi connectivity index (χ2v) is 6.89. The SMILES string of the molecule is COCCOc1ccc(C(C)NC(=O)c2ccc(Oc3ccccc3)cc2)cc1OC. The zero-order valence-corrected chi connectivity index (χ0v) is 18.0. The number of para-hydroxylation sites is 1. The first-order valence-corrected chi connectivity index (χ1v) is 10.0. The first kappa shape index (κ1) is 22.2. The van der Waals surface area contributed by atoms with Gasteiger partial charge in [0.1, 0.15) is 18.1 Å². The van der Waals surface area contributed by atoms with Crippen molar-refractivity contribution in [1.82, 2.24) is 5.32 Å². The van der Waals surface area contributed by atoms with Gasteiger partial charge in [-0.1, -0.05) is 24.3 Å². The Balaban J connectivity index is 1.62. The summed E-state index contributed by atoms with van der Waals surface area (Å²) in [7, 11) is 3.21. The first-order valence-electron chi connectivity index (χ1n) is 10.0. The van der Waals surface area contributed by atoms with E-state index in [0.717, 1.165) is 11.3 Å². The maximum absolute atomic E-state index is 12.7. The molecule has 1 atom stereocenters. The van der Waals surface area contributed by atoms with Crippen molar-refractivity contribution in [3.05, 3.63) is 83.9 Å². The summed E-state index contributed by atoms with van der Waals surface area (Å²) >= 11 is 0. The fourth-order valence-corrected chi connectivity index (χ4v) is 2.97. The van der Waals surface area contributed by atoms with Crippen LogP contribution in [-0.4, -0.2) is 33.3 Å². The van der Waals surface area contributed by atoms with Crippen molar-refractivity contribution in [2.75, 3.05) is 27.4 Å². The van der Waals surface area contributed by atoms with Crippen molar-refractivity contribution in [3.63, 3.8) is 0 Å². The summed E-state index contributed by atoms with van der Waals surface area (Å²) in [5.41, 5.74) is 1.46. The molecule has 3 rings (SSSR count). The van der Waals surface area contributed by atoms with Crippen LogP contribution in [0.1, 0.15) is 28.9 Å². The van der Waals surface area contributed by atoms with Crippen LogP contribution in [0.25, 0.3) is 0 Å². The quantitative estimate of drug-likeness (QED) is 0.467. The monoisotopic (exact) mass is 421 g/mol. The molecule has 1 amide bonds. The molecule has 0 aliphatic rings. The van der Waals surface area contributed by atoms with Crippen LogP contribution in [0.5, 0.6) is 23.0 Å².